The second-order valence-electron chi connectivity index (χ2n) is 4.56. The van der Waals surface area contributed by atoms with E-state index in [-0.39, 0.29) is 0 Å². The van der Waals surface area contributed by atoms with Crippen molar-refractivity contribution in [3.05, 3.63) is 22.4 Å². The van der Waals surface area contributed by atoms with Crippen molar-refractivity contribution in [2.45, 2.75) is 6.42 Å². The number of hydrogen-bond acceptors (Lipinski definition) is 4. The van der Waals surface area contributed by atoms with Gasteiger partial charge in [0.2, 0.25) is 0 Å². The molecule has 1 saturated heterocycles. The van der Waals surface area contributed by atoms with Crippen LogP contribution in [0.25, 0.3) is 0 Å². The van der Waals surface area contributed by atoms with E-state index in [2.05, 4.69) is 26.6 Å². The van der Waals surface area contributed by atoms with E-state index in [1.807, 2.05) is 0 Å². The molecule has 0 unspecified atom stereocenters. The molecule has 1 aliphatic rings. The molecule has 1 aromatic rings. The molecule has 0 saturated carbocycles. The lowest BCUT2D eigenvalue weighted by Crippen LogP contribution is -2.47. The fourth-order valence-electron chi connectivity index (χ4n) is 2.18. The van der Waals surface area contributed by atoms with Gasteiger partial charge in [0, 0.05) is 46.4 Å². The molecule has 3 nitrogen and oxygen atoms in total. The predicted molar refractivity (Wildman–Crippen MR) is 72.8 cm³/mol. The van der Waals surface area contributed by atoms with Crippen molar-refractivity contribution in [2.75, 3.05) is 53.0 Å². The number of methoxy groups -OCH3 is 1. The third-order valence-corrected chi connectivity index (χ3v) is 4.11. The molecule has 0 aromatic carbocycles. The van der Waals surface area contributed by atoms with Crippen molar-refractivity contribution in [3.63, 3.8) is 0 Å². The zero-order valence-corrected chi connectivity index (χ0v) is 11.4. The molecule has 17 heavy (non-hydrogen) atoms. The van der Waals surface area contributed by atoms with Crippen LogP contribution in [-0.4, -0.2) is 62.8 Å². The molecule has 2 rings (SSSR count). The van der Waals surface area contributed by atoms with Crippen LogP contribution in [0, 0.1) is 0 Å². The zero-order chi connectivity index (χ0) is 11.9. The van der Waals surface area contributed by atoms with Gasteiger partial charge in [0.25, 0.3) is 0 Å². The van der Waals surface area contributed by atoms with Crippen molar-refractivity contribution in [3.8, 4) is 0 Å². The summed E-state index contributed by atoms with van der Waals surface area (Å²) < 4.78 is 5.11. The monoisotopic (exact) mass is 254 g/mol. The number of nitrogens with zero attached hydrogens (tertiary/aromatic N) is 2. The molecule has 1 aromatic heterocycles. The first-order chi connectivity index (χ1) is 8.38. The van der Waals surface area contributed by atoms with Crippen LogP contribution in [0.1, 0.15) is 5.56 Å². The first-order valence-electron chi connectivity index (χ1n) is 6.33. The molecule has 0 aliphatic carbocycles. The smallest absolute Gasteiger partial charge is 0.0589 e. The lowest BCUT2D eigenvalue weighted by atomic mass is 10.2. The lowest BCUT2D eigenvalue weighted by molar-refractivity contribution is 0.0976. The molecular weight excluding hydrogens is 232 g/mol. The summed E-state index contributed by atoms with van der Waals surface area (Å²) in [7, 11) is 1.77. The fraction of sp³-hybridized carbons (Fsp3) is 0.692. The summed E-state index contributed by atoms with van der Waals surface area (Å²) in [5.74, 6) is 0. The minimum atomic E-state index is 0.856. The van der Waals surface area contributed by atoms with Gasteiger partial charge >= 0.3 is 0 Å². The summed E-state index contributed by atoms with van der Waals surface area (Å²) in [5, 5.41) is 4.42. The van der Waals surface area contributed by atoms with Crippen molar-refractivity contribution in [1.82, 2.24) is 9.80 Å². The molecule has 4 heteroatoms. The number of hydrogen-bond donors (Lipinski definition) is 0. The van der Waals surface area contributed by atoms with Gasteiger partial charge in [-0.15, -0.1) is 0 Å². The zero-order valence-electron chi connectivity index (χ0n) is 10.6. The maximum Gasteiger partial charge on any atom is 0.0589 e. The van der Waals surface area contributed by atoms with E-state index >= 15 is 0 Å². The average molecular weight is 254 g/mol. The average Bonchev–Trinajstić information content (AvgIpc) is 2.88. The third-order valence-electron chi connectivity index (χ3n) is 3.37. The normalized spacial score (nSPS) is 18.6. The summed E-state index contributed by atoms with van der Waals surface area (Å²) in [6.07, 6.45) is 1.20. The minimum Gasteiger partial charge on any atom is -0.383 e. The summed E-state index contributed by atoms with van der Waals surface area (Å²) >= 11 is 1.80. The Kier molecular flexibility index (Phi) is 5.45. The molecule has 0 spiro atoms. The molecule has 0 bridgehead atoms. The van der Waals surface area contributed by atoms with Crippen LogP contribution < -0.4 is 0 Å². The van der Waals surface area contributed by atoms with Gasteiger partial charge in [-0.1, -0.05) is 0 Å². The van der Waals surface area contributed by atoms with E-state index in [1.165, 1.54) is 44.7 Å². The predicted octanol–water partition coefficient (Wildman–Crippen LogP) is 1.55. The van der Waals surface area contributed by atoms with E-state index in [0.29, 0.717) is 0 Å². The van der Waals surface area contributed by atoms with Gasteiger partial charge < -0.3 is 9.64 Å². The number of thiophene rings is 1. The summed E-state index contributed by atoms with van der Waals surface area (Å²) in [5.41, 5.74) is 1.48. The van der Waals surface area contributed by atoms with Gasteiger partial charge in [-0.05, 0) is 28.8 Å². The molecular formula is C13H22N2OS. The van der Waals surface area contributed by atoms with E-state index in [0.717, 1.165) is 13.2 Å². The Morgan fingerprint density at radius 3 is 2.47 bits per heavy atom. The van der Waals surface area contributed by atoms with Crippen molar-refractivity contribution >= 4 is 11.3 Å². The highest BCUT2D eigenvalue weighted by Crippen LogP contribution is 2.08. The molecule has 0 amide bonds. The molecule has 1 aliphatic heterocycles. The van der Waals surface area contributed by atoms with Crippen LogP contribution in [0.3, 0.4) is 0 Å². The minimum absolute atomic E-state index is 0.856. The highest BCUT2D eigenvalue weighted by atomic mass is 32.1. The first-order valence-corrected chi connectivity index (χ1v) is 7.27. The van der Waals surface area contributed by atoms with Gasteiger partial charge in [-0.3, -0.25) is 4.90 Å². The second-order valence-corrected chi connectivity index (χ2v) is 5.34. The first kappa shape index (κ1) is 13.0. The highest BCUT2D eigenvalue weighted by Gasteiger charge is 2.15. The quantitative estimate of drug-likeness (QED) is 0.766. The number of rotatable bonds is 6. The van der Waals surface area contributed by atoms with Gasteiger partial charge in [0.05, 0.1) is 6.61 Å². The summed E-state index contributed by atoms with van der Waals surface area (Å²) in [6, 6.07) is 2.24. The molecule has 0 atom stereocenters. The molecule has 96 valence electrons. The Balaban J connectivity index is 1.62. The van der Waals surface area contributed by atoms with E-state index in [9.17, 15) is 0 Å². The van der Waals surface area contributed by atoms with Gasteiger partial charge in [0.15, 0.2) is 0 Å². The number of piperazine rings is 1. The SMILES string of the molecule is COCCN1CCN(CCc2ccsc2)CC1. The highest BCUT2D eigenvalue weighted by molar-refractivity contribution is 7.07. The van der Waals surface area contributed by atoms with Crippen LogP contribution in [0.5, 0.6) is 0 Å². The molecule has 2 heterocycles. The van der Waals surface area contributed by atoms with Crippen LogP contribution in [-0.2, 0) is 11.2 Å². The van der Waals surface area contributed by atoms with Gasteiger partial charge in [-0.2, -0.15) is 11.3 Å². The van der Waals surface area contributed by atoms with Crippen LogP contribution in [0.15, 0.2) is 16.8 Å². The Morgan fingerprint density at radius 2 is 1.88 bits per heavy atom. The lowest BCUT2D eigenvalue weighted by Gasteiger charge is -2.34. The molecule has 0 N–H and O–H groups in total. The molecule has 0 radical (unpaired) electrons. The maximum absolute atomic E-state index is 5.11. The van der Waals surface area contributed by atoms with Crippen LogP contribution in [0.4, 0.5) is 0 Å². The van der Waals surface area contributed by atoms with Crippen molar-refractivity contribution in [1.29, 1.82) is 0 Å². The maximum atomic E-state index is 5.11. The van der Waals surface area contributed by atoms with Crippen molar-refractivity contribution in [2.24, 2.45) is 0 Å². The Hall–Kier alpha value is -0.420. The Bertz CT molecular complexity index is 294. The third kappa shape index (κ3) is 4.39. The van der Waals surface area contributed by atoms with E-state index in [4.69, 9.17) is 4.74 Å². The summed E-state index contributed by atoms with van der Waals surface area (Å²) in [4.78, 5) is 5.06. The molecule has 1 fully saturated rings. The van der Waals surface area contributed by atoms with Crippen LogP contribution in [0.2, 0.25) is 0 Å². The number of ether oxygens (including phenoxy) is 1. The summed E-state index contributed by atoms with van der Waals surface area (Å²) in [6.45, 7) is 7.92. The second kappa shape index (κ2) is 7.11. The standard InChI is InChI=1S/C13H22N2OS/c1-16-10-9-15-7-5-14(6-8-15)4-2-13-3-11-17-12-13/h3,11-12H,2,4-10H2,1H3. The topological polar surface area (TPSA) is 15.7 Å². The van der Waals surface area contributed by atoms with Gasteiger partial charge in [0.1, 0.15) is 0 Å². The Morgan fingerprint density at radius 1 is 1.18 bits per heavy atom. The van der Waals surface area contributed by atoms with Crippen molar-refractivity contribution < 1.29 is 4.74 Å². The Labute approximate surface area is 108 Å². The van der Waals surface area contributed by atoms with E-state index in [1.54, 1.807) is 18.4 Å². The van der Waals surface area contributed by atoms with Crippen LogP contribution >= 0.6 is 11.3 Å². The largest absolute Gasteiger partial charge is 0.383 e. The van der Waals surface area contributed by atoms with Gasteiger partial charge in [-0.25, -0.2) is 0 Å². The fourth-order valence-corrected chi connectivity index (χ4v) is 2.88. The van der Waals surface area contributed by atoms with E-state index < -0.39 is 0 Å².